The average Bonchev–Trinajstić information content (AvgIpc) is 2.53. The highest BCUT2D eigenvalue weighted by Gasteiger charge is 2.12. The van der Waals surface area contributed by atoms with Crippen molar-refractivity contribution >= 4 is 5.69 Å². The molecule has 0 fully saturated rings. The molecular formula is C19H31NO. The molecule has 2 nitrogen and oxygen atoms in total. The van der Waals surface area contributed by atoms with Crippen LogP contribution in [-0.4, -0.2) is 13.2 Å². The van der Waals surface area contributed by atoms with Crippen molar-refractivity contribution in [1.29, 1.82) is 0 Å². The fourth-order valence-electron chi connectivity index (χ4n) is 3.03. The van der Waals surface area contributed by atoms with Gasteiger partial charge in [-0.2, -0.15) is 0 Å². The molecule has 0 amide bonds. The first-order valence-electron chi connectivity index (χ1n) is 8.90. The summed E-state index contributed by atoms with van der Waals surface area (Å²) >= 11 is 0. The summed E-state index contributed by atoms with van der Waals surface area (Å²) in [5.74, 6) is 1.10. The van der Waals surface area contributed by atoms with E-state index in [1.807, 2.05) is 0 Å². The van der Waals surface area contributed by atoms with Gasteiger partial charge in [-0.15, -0.1) is 0 Å². The predicted octanol–water partition coefficient (Wildman–Crippen LogP) is 5.56. The Kier molecular flexibility index (Phi) is 7.48. The Morgan fingerprint density at radius 2 is 1.76 bits per heavy atom. The molecule has 2 rings (SSSR count). The first kappa shape index (κ1) is 16.2. The van der Waals surface area contributed by atoms with E-state index in [1.54, 1.807) is 0 Å². The highest BCUT2D eigenvalue weighted by Crippen LogP contribution is 2.30. The Hall–Kier alpha value is -1.18. The van der Waals surface area contributed by atoms with E-state index in [9.17, 15) is 0 Å². The van der Waals surface area contributed by atoms with Crippen LogP contribution in [0.25, 0.3) is 0 Å². The quantitative estimate of drug-likeness (QED) is 0.569. The van der Waals surface area contributed by atoms with E-state index in [4.69, 9.17) is 4.74 Å². The molecule has 1 heterocycles. The second-order valence-electron chi connectivity index (χ2n) is 6.14. The predicted molar refractivity (Wildman–Crippen MR) is 91.4 cm³/mol. The lowest BCUT2D eigenvalue weighted by molar-refractivity contribution is 0.301. The smallest absolute Gasteiger partial charge is 0.124 e. The number of rotatable bonds is 10. The minimum absolute atomic E-state index is 0.866. The topological polar surface area (TPSA) is 21.3 Å². The molecule has 1 aromatic rings. The van der Waals surface area contributed by atoms with Gasteiger partial charge in [0, 0.05) is 17.8 Å². The number of anilines is 1. The maximum Gasteiger partial charge on any atom is 0.124 e. The van der Waals surface area contributed by atoms with Crippen LogP contribution in [0.15, 0.2) is 18.2 Å². The Morgan fingerprint density at radius 1 is 1.00 bits per heavy atom. The molecule has 0 unspecified atom stereocenters. The van der Waals surface area contributed by atoms with Gasteiger partial charge in [-0.3, -0.25) is 0 Å². The minimum Gasteiger partial charge on any atom is -0.493 e. The van der Waals surface area contributed by atoms with Gasteiger partial charge in [0.25, 0.3) is 0 Å². The van der Waals surface area contributed by atoms with Crippen LogP contribution >= 0.6 is 0 Å². The lowest BCUT2D eigenvalue weighted by Crippen LogP contribution is -2.13. The van der Waals surface area contributed by atoms with Gasteiger partial charge in [-0.05, 0) is 31.4 Å². The van der Waals surface area contributed by atoms with E-state index >= 15 is 0 Å². The maximum atomic E-state index is 6.01. The number of unbranched alkanes of at least 4 members (excludes halogenated alkanes) is 7. The third-order valence-corrected chi connectivity index (χ3v) is 4.31. The van der Waals surface area contributed by atoms with Crippen molar-refractivity contribution < 1.29 is 4.74 Å². The van der Waals surface area contributed by atoms with Crippen molar-refractivity contribution in [2.24, 2.45) is 0 Å². The van der Waals surface area contributed by atoms with Gasteiger partial charge < -0.3 is 10.1 Å². The van der Waals surface area contributed by atoms with Crippen molar-refractivity contribution in [3.8, 4) is 5.75 Å². The number of benzene rings is 1. The van der Waals surface area contributed by atoms with Gasteiger partial charge in [0.2, 0.25) is 0 Å². The zero-order chi connectivity index (χ0) is 14.8. The number of ether oxygens (including phenoxy) is 1. The van der Waals surface area contributed by atoms with Gasteiger partial charge in [0.1, 0.15) is 5.75 Å². The minimum atomic E-state index is 0.866. The van der Waals surface area contributed by atoms with Gasteiger partial charge in [-0.1, -0.05) is 57.9 Å². The van der Waals surface area contributed by atoms with E-state index in [1.165, 1.54) is 69.0 Å². The normalized spacial score (nSPS) is 13.6. The summed E-state index contributed by atoms with van der Waals surface area (Å²) in [7, 11) is 0. The van der Waals surface area contributed by atoms with Crippen LogP contribution in [0.3, 0.4) is 0 Å². The summed E-state index contributed by atoms with van der Waals surface area (Å²) in [4.78, 5) is 0. The Balaban J connectivity index is 1.59. The van der Waals surface area contributed by atoms with Crippen LogP contribution in [-0.2, 0) is 6.42 Å². The zero-order valence-corrected chi connectivity index (χ0v) is 13.6. The van der Waals surface area contributed by atoms with Crippen LogP contribution in [0.4, 0.5) is 5.69 Å². The molecule has 0 aliphatic carbocycles. The van der Waals surface area contributed by atoms with Gasteiger partial charge in [0.15, 0.2) is 0 Å². The largest absolute Gasteiger partial charge is 0.493 e. The maximum absolute atomic E-state index is 6.01. The van der Waals surface area contributed by atoms with Crippen LogP contribution in [0.2, 0.25) is 0 Å². The summed E-state index contributed by atoms with van der Waals surface area (Å²) < 4.78 is 6.01. The van der Waals surface area contributed by atoms with Crippen LogP contribution in [0.1, 0.15) is 70.3 Å². The fraction of sp³-hybridized carbons (Fsp3) is 0.684. The van der Waals surface area contributed by atoms with Crippen LogP contribution in [0.5, 0.6) is 5.75 Å². The SMILES string of the molecule is CCCCCCCCCCOc1cccc2c1CCCN2. The third-order valence-electron chi connectivity index (χ3n) is 4.31. The summed E-state index contributed by atoms with van der Waals surface area (Å²) in [6.07, 6.45) is 13.2. The van der Waals surface area contributed by atoms with Gasteiger partial charge in [0.05, 0.1) is 6.61 Å². The van der Waals surface area contributed by atoms with E-state index < -0.39 is 0 Å². The molecule has 1 aromatic carbocycles. The van der Waals surface area contributed by atoms with Crippen molar-refractivity contribution in [2.45, 2.75) is 71.1 Å². The fourth-order valence-corrected chi connectivity index (χ4v) is 3.03. The third kappa shape index (κ3) is 5.61. The highest BCUT2D eigenvalue weighted by molar-refractivity contribution is 5.59. The van der Waals surface area contributed by atoms with Crippen molar-refractivity contribution in [1.82, 2.24) is 0 Å². The monoisotopic (exact) mass is 289 g/mol. The zero-order valence-electron chi connectivity index (χ0n) is 13.6. The molecule has 2 heteroatoms. The summed E-state index contributed by atoms with van der Waals surface area (Å²) in [5.41, 5.74) is 2.65. The van der Waals surface area contributed by atoms with Crippen molar-refractivity contribution in [3.05, 3.63) is 23.8 Å². The second kappa shape index (κ2) is 9.70. The summed E-state index contributed by atoms with van der Waals surface area (Å²) in [5, 5.41) is 3.46. The molecule has 21 heavy (non-hydrogen) atoms. The first-order chi connectivity index (χ1) is 10.4. The molecule has 0 atom stereocenters. The summed E-state index contributed by atoms with van der Waals surface area (Å²) in [6, 6.07) is 6.38. The molecule has 1 aliphatic heterocycles. The number of fused-ring (bicyclic) bond motifs is 1. The molecule has 0 spiro atoms. The van der Waals surface area contributed by atoms with Crippen molar-refractivity contribution in [2.75, 3.05) is 18.5 Å². The molecule has 0 saturated carbocycles. The lowest BCUT2D eigenvalue weighted by Gasteiger charge is -2.21. The molecule has 1 N–H and O–H groups in total. The summed E-state index contributed by atoms with van der Waals surface area (Å²) in [6.45, 7) is 4.23. The van der Waals surface area contributed by atoms with Gasteiger partial charge >= 0.3 is 0 Å². The molecule has 0 radical (unpaired) electrons. The van der Waals surface area contributed by atoms with Crippen LogP contribution < -0.4 is 10.1 Å². The lowest BCUT2D eigenvalue weighted by atomic mass is 10.0. The highest BCUT2D eigenvalue weighted by atomic mass is 16.5. The number of nitrogens with one attached hydrogen (secondary N) is 1. The average molecular weight is 289 g/mol. The molecule has 0 aromatic heterocycles. The van der Waals surface area contributed by atoms with Gasteiger partial charge in [-0.25, -0.2) is 0 Å². The molecule has 0 saturated heterocycles. The molecule has 0 bridgehead atoms. The van der Waals surface area contributed by atoms with E-state index in [-0.39, 0.29) is 0 Å². The number of hydrogen-bond donors (Lipinski definition) is 1. The molecular weight excluding hydrogens is 258 g/mol. The Bertz CT molecular complexity index is 403. The van der Waals surface area contributed by atoms with Crippen molar-refractivity contribution in [3.63, 3.8) is 0 Å². The van der Waals surface area contributed by atoms with E-state index in [0.717, 1.165) is 25.3 Å². The second-order valence-corrected chi connectivity index (χ2v) is 6.14. The van der Waals surface area contributed by atoms with E-state index in [0.29, 0.717) is 0 Å². The Labute approximate surface area is 130 Å². The first-order valence-corrected chi connectivity index (χ1v) is 8.90. The molecule has 118 valence electrons. The number of hydrogen-bond acceptors (Lipinski definition) is 2. The standard InChI is InChI=1S/C19H31NO/c1-2-3-4-5-6-7-8-9-16-21-19-14-10-13-18-17(19)12-11-15-20-18/h10,13-14,20H,2-9,11-12,15-16H2,1H3. The van der Waals surface area contributed by atoms with Crippen LogP contribution in [0, 0.1) is 0 Å². The van der Waals surface area contributed by atoms with E-state index in [2.05, 4.69) is 30.4 Å². The molecule has 1 aliphatic rings. The Morgan fingerprint density at radius 3 is 2.57 bits per heavy atom.